The molecule has 1 N–H and O–H groups in total. The van der Waals surface area contributed by atoms with Crippen LogP contribution < -0.4 is 5.32 Å². The van der Waals surface area contributed by atoms with Gasteiger partial charge >= 0.3 is 0 Å². The van der Waals surface area contributed by atoms with E-state index in [9.17, 15) is 0 Å². The summed E-state index contributed by atoms with van der Waals surface area (Å²) in [5, 5.41) is 3.32. The fraction of sp³-hybridized carbons (Fsp3) is 0.556. The van der Waals surface area contributed by atoms with E-state index in [4.69, 9.17) is 4.74 Å². The highest BCUT2D eigenvalue weighted by Gasteiger charge is 2.15. The Labute approximate surface area is 96.6 Å². The molecule has 5 heteroatoms. The molecule has 1 aliphatic heterocycles. The van der Waals surface area contributed by atoms with Crippen molar-refractivity contribution < 1.29 is 4.74 Å². The molecule has 1 atom stereocenters. The van der Waals surface area contributed by atoms with Crippen LogP contribution in [0.3, 0.4) is 0 Å². The van der Waals surface area contributed by atoms with E-state index in [2.05, 4.69) is 37.9 Å². The van der Waals surface area contributed by atoms with E-state index in [0.29, 0.717) is 5.92 Å². The minimum Gasteiger partial charge on any atom is -0.381 e. The smallest absolute Gasteiger partial charge is 0.142 e. The van der Waals surface area contributed by atoms with Gasteiger partial charge in [0.1, 0.15) is 12.1 Å². The van der Waals surface area contributed by atoms with Crippen molar-refractivity contribution in [2.75, 3.05) is 25.1 Å². The molecule has 2 rings (SSSR count). The molecule has 76 valence electrons. The Morgan fingerprint density at radius 1 is 1.64 bits per heavy atom. The van der Waals surface area contributed by atoms with E-state index in [1.165, 1.54) is 0 Å². The molecule has 2 heterocycles. The molecule has 1 aromatic heterocycles. The summed E-state index contributed by atoms with van der Waals surface area (Å²) in [6, 6.07) is 0. The number of rotatable bonds is 3. The SMILES string of the molecule is Ic1cncnc1NCC1CCOC1. The Kier molecular flexibility index (Phi) is 3.52. The van der Waals surface area contributed by atoms with Gasteiger partial charge in [-0.15, -0.1) is 0 Å². The average molecular weight is 305 g/mol. The number of nitrogens with one attached hydrogen (secondary N) is 1. The van der Waals surface area contributed by atoms with E-state index in [1.54, 1.807) is 12.5 Å². The van der Waals surface area contributed by atoms with Gasteiger partial charge in [0.25, 0.3) is 0 Å². The second-order valence-electron chi connectivity index (χ2n) is 3.33. The monoisotopic (exact) mass is 305 g/mol. The van der Waals surface area contributed by atoms with E-state index in [-0.39, 0.29) is 0 Å². The molecule has 0 aliphatic carbocycles. The first-order chi connectivity index (χ1) is 6.86. The number of ether oxygens (including phenoxy) is 1. The predicted molar refractivity (Wildman–Crippen MR) is 62.2 cm³/mol. The first-order valence-electron chi connectivity index (χ1n) is 4.63. The molecule has 1 fully saturated rings. The van der Waals surface area contributed by atoms with Gasteiger partial charge < -0.3 is 10.1 Å². The maximum absolute atomic E-state index is 5.30. The van der Waals surface area contributed by atoms with Crippen LogP contribution in [0.5, 0.6) is 0 Å². The second kappa shape index (κ2) is 4.88. The number of anilines is 1. The predicted octanol–water partition coefficient (Wildman–Crippen LogP) is 1.53. The van der Waals surface area contributed by atoms with Gasteiger partial charge in [0.05, 0.1) is 10.2 Å². The number of nitrogens with zero attached hydrogens (tertiary/aromatic N) is 2. The highest BCUT2D eigenvalue weighted by atomic mass is 127. The Balaban J connectivity index is 1.88. The minimum absolute atomic E-state index is 0.626. The third-order valence-corrected chi connectivity index (χ3v) is 3.04. The van der Waals surface area contributed by atoms with E-state index in [0.717, 1.165) is 35.6 Å². The molecule has 0 aromatic carbocycles. The molecule has 1 aromatic rings. The summed E-state index contributed by atoms with van der Waals surface area (Å²) in [7, 11) is 0. The van der Waals surface area contributed by atoms with Gasteiger partial charge in [-0.3, -0.25) is 0 Å². The molecule has 0 spiro atoms. The highest BCUT2D eigenvalue weighted by molar-refractivity contribution is 14.1. The summed E-state index contributed by atoms with van der Waals surface area (Å²) < 4.78 is 6.36. The van der Waals surface area contributed by atoms with Crippen molar-refractivity contribution in [3.05, 3.63) is 16.1 Å². The van der Waals surface area contributed by atoms with Crippen LogP contribution in [0.4, 0.5) is 5.82 Å². The number of hydrogen-bond acceptors (Lipinski definition) is 4. The lowest BCUT2D eigenvalue weighted by atomic mass is 10.1. The quantitative estimate of drug-likeness (QED) is 0.860. The normalized spacial score (nSPS) is 21.1. The van der Waals surface area contributed by atoms with Crippen molar-refractivity contribution in [2.24, 2.45) is 5.92 Å². The van der Waals surface area contributed by atoms with Gasteiger partial charge in [-0.2, -0.15) is 0 Å². The molecule has 1 aliphatic rings. The van der Waals surface area contributed by atoms with E-state index >= 15 is 0 Å². The van der Waals surface area contributed by atoms with Gasteiger partial charge in [-0.05, 0) is 29.0 Å². The van der Waals surface area contributed by atoms with Crippen molar-refractivity contribution in [2.45, 2.75) is 6.42 Å². The van der Waals surface area contributed by atoms with E-state index in [1.807, 2.05) is 0 Å². The molecular formula is C9H12IN3O. The number of aromatic nitrogens is 2. The van der Waals surface area contributed by atoms with E-state index < -0.39 is 0 Å². The fourth-order valence-corrected chi connectivity index (χ4v) is 1.92. The lowest BCUT2D eigenvalue weighted by molar-refractivity contribution is 0.187. The van der Waals surface area contributed by atoms with Crippen molar-refractivity contribution in [1.82, 2.24) is 9.97 Å². The minimum atomic E-state index is 0.626. The molecule has 0 bridgehead atoms. The third-order valence-electron chi connectivity index (χ3n) is 2.25. The third kappa shape index (κ3) is 2.54. The van der Waals surface area contributed by atoms with Crippen LogP contribution >= 0.6 is 22.6 Å². The van der Waals surface area contributed by atoms with Crippen molar-refractivity contribution in [1.29, 1.82) is 0 Å². The summed E-state index contributed by atoms with van der Waals surface area (Å²) in [6.07, 6.45) is 4.52. The summed E-state index contributed by atoms with van der Waals surface area (Å²) >= 11 is 2.23. The van der Waals surface area contributed by atoms with Gasteiger partial charge in [0, 0.05) is 25.3 Å². The molecule has 0 radical (unpaired) electrons. The van der Waals surface area contributed by atoms with Gasteiger partial charge in [0.15, 0.2) is 0 Å². The van der Waals surface area contributed by atoms with Crippen LogP contribution in [0, 0.1) is 9.49 Å². The van der Waals surface area contributed by atoms with Crippen LogP contribution in [0.1, 0.15) is 6.42 Å². The van der Waals surface area contributed by atoms with Crippen LogP contribution in [-0.4, -0.2) is 29.7 Å². The fourth-order valence-electron chi connectivity index (χ4n) is 1.43. The Bertz CT molecular complexity index is 302. The molecular weight excluding hydrogens is 293 g/mol. The zero-order valence-corrected chi connectivity index (χ0v) is 9.90. The maximum atomic E-state index is 5.30. The topological polar surface area (TPSA) is 47.0 Å². The van der Waals surface area contributed by atoms with Crippen molar-refractivity contribution >= 4 is 28.4 Å². The highest BCUT2D eigenvalue weighted by Crippen LogP contribution is 2.16. The summed E-state index contributed by atoms with van der Waals surface area (Å²) in [4.78, 5) is 8.11. The van der Waals surface area contributed by atoms with Crippen LogP contribution in [0.25, 0.3) is 0 Å². The molecule has 14 heavy (non-hydrogen) atoms. The maximum Gasteiger partial charge on any atom is 0.142 e. The van der Waals surface area contributed by atoms with Crippen molar-refractivity contribution in [3.8, 4) is 0 Å². The van der Waals surface area contributed by atoms with Crippen molar-refractivity contribution in [3.63, 3.8) is 0 Å². The van der Waals surface area contributed by atoms with Crippen LogP contribution in [0.15, 0.2) is 12.5 Å². The van der Waals surface area contributed by atoms with Crippen LogP contribution in [-0.2, 0) is 4.74 Å². The lowest BCUT2D eigenvalue weighted by Gasteiger charge is -2.10. The Hall–Kier alpha value is -0.430. The number of hydrogen-bond donors (Lipinski definition) is 1. The molecule has 1 saturated heterocycles. The summed E-state index contributed by atoms with van der Waals surface area (Å²) in [5.74, 6) is 1.55. The molecule has 4 nitrogen and oxygen atoms in total. The van der Waals surface area contributed by atoms with Gasteiger partial charge in [-0.25, -0.2) is 9.97 Å². The lowest BCUT2D eigenvalue weighted by Crippen LogP contribution is -2.15. The molecule has 1 unspecified atom stereocenters. The standard InChI is InChI=1S/C9H12IN3O/c10-8-4-11-6-13-9(8)12-3-7-1-2-14-5-7/h4,6-7H,1-3,5H2,(H,11,12,13). The zero-order valence-electron chi connectivity index (χ0n) is 7.74. The zero-order chi connectivity index (χ0) is 9.80. The van der Waals surface area contributed by atoms with Gasteiger partial charge in [-0.1, -0.05) is 0 Å². The molecule has 0 amide bonds. The Morgan fingerprint density at radius 3 is 3.29 bits per heavy atom. The number of halogens is 1. The summed E-state index contributed by atoms with van der Waals surface area (Å²) in [6.45, 7) is 2.70. The largest absolute Gasteiger partial charge is 0.381 e. The second-order valence-corrected chi connectivity index (χ2v) is 4.49. The first kappa shape index (κ1) is 10.1. The first-order valence-corrected chi connectivity index (χ1v) is 5.71. The summed E-state index contributed by atoms with van der Waals surface area (Å²) in [5.41, 5.74) is 0. The molecule has 0 saturated carbocycles. The van der Waals surface area contributed by atoms with Gasteiger partial charge in [0.2, 0.25) is 0 Å². The Morgan fingerprint density at radius 2 is 2.57 bits per heavy atom. The van der Waals surface area contributed by atoms with Crippen LogP contribution in [0.2, 0.25) is 0 Å². The average Bonchev–Trinajstić information content (AvgIpc) is 2.69.